The van der Waals surface area contributed by atoms with Gasteiger partial charge in [0.25, 0.3) is 11.8 Å². The first kappa shape index (κ1) is 33.3. The number of anilines is 1. The van der Waals surface area contributed by atoms with Gasteiger partial charge in [0.2, 0.25) is 17.6 Å². The number of carbonyl (C=O) groups is 4. The minimum atomic E-state index is -2.74. The molecule has 7 nitrogen and oxygen atoms in total. The Kier molecular flexibility index (Phi) is 7.42. The molecule has 260 valence electrons. The number of carbonyl (C=O) groups excluding carboxylic acids is 4. The average molecular weight is 741 g/mol. The Morgan fingerprint density at radius 1 is 0.745 bits per heavy atom. The number of likely N-dealkylation sites (tertiary alicyclic amines) is 1. The van der Waals surface area contributed by atoms with Crippen LogP contribution in [-0.4, -0.2) is 43.4 Å². The summed E-state index contributed by atoms with van der Waals surface area (Å²) in [7, 11) is 0. The highest BCUT2D eigenvalue weighted by atomic mass is 35.5. The lowest BCUT2D eigenvalue weighted by atomic mass is 9.56. The van der Waals surface area contributed by atoms with Crippen molar-refractivity contribution in [2.45, 2.75) is 35.1 Å². The normalized spacial score (nSPS) is 28.6. The maximum Gasteiger partial charge on any atom is 0.258 e. The number of rotatable bonds is 4. The summed E-state index contributed by atoms with van der Waals surface area (Å²) in [5, 5.41) is 12.6. The van der Waals surface area contributed by atoms with Crippen molar-refractivity contribution in [3.05, 3.63) is 119 Å². The highest BCUT2D eigenvalue weighted by Gasteiger charge is 2.77. The molecular weight excluding hydrogens is 718 g/mol. The van der Waals surface area contributed by atoms with Crippen molar-refractivity contribution in [2.24, 2.45) is 17.8 Å². The number of nitrogens with zero attached hydrogens (tertiary/aromatic N) is 2. The minimum Gasteiger partial charge on any atom is -0.507 e. The van der Waals surface area contributed by atoms with E-state index in [9.17, 15) is 37.5 Å². The summed E-state index contributed by atoms with van der Waals surface area (Å²) in [4.78, 5) is 52.2. The van der Waals surface area contributed by atoms with E-state index < -0.39 is 104 Å². The molecule has 2 aliphatic heterocycles. The molecule has 4 aliphatic rings. The van der Waals surface area contributed by atoms with Crippen LogP contribution in [0.1, 0.15) is 29.9 Å². The van der Waals surface area contributed by atoms with Crippen LogP contribution in [0.5, 0.6) is 5.75 Å². The van der Waals surface area contributed by atoms with Crippen LogP contribution in [0.3, 0.4) is 0 Å². The molecular formula is C37H23Cl2F5N2O5. The average Bonchev–Trinajstić information content (AvgIpc) is 3.45. The maximum atomic E-state index is 15.3. The second kappa shape index (κ2) is 11.3. The quantitative estimate of drug-likeness (QED) is 0.0607. The van der Waals surface area contributed by atoms with Gasteiger partial charge in [-0.2, -0.15) is 0 Å². The highest BCUT2D eigenvalue weighted by Crippen LogP contribution is 2.67. The zero-order valence-electron chi connectivity index (χ0n) is 26.0. The van der Waals surface area contributed by atoms with Crippen molar-refractivity contribution in [1.82, 2.24) is 4.90 Å². The summed E-state index contributed by atoms with van der Waals surface area (Å²) in [5.74, 6) is -21.7. The summed E-state index contributed by atoms with van der Waals surface area (Å²) in [6.45, 7) is -0.0562. The molecule has 8 rings (SSSR count). The topological polar surface area (TPSA) is 95.0 Å². The van der Waals surface area contributed by atoms with Crippen LogP contribution in [0, 0.1) is 46.8 Å². The van der Waals surface area contributed by atoms with Crippen LogP contribution in [-0.2, 0) is 25.7 Å². The molecule has 2 heterocycles. The van der Waals surface area contributed by atoms with Gasteiger partial charge in [0.1, 0.15) is 11.4 Å². The Bertz CT molecular complexity index is 2260. The van der Waals surface area contributed by atoms with Gasteiger partial charge in [0.05, 0.1) is 18.4 Å². The number of amides is 4. The van der Waals surface area contributed by atoms with E-state index in [0.717, 1.165) is 4.90 Å². The minimum absolute atomic E-state index is 0.0110. The standard InChI is InChI=1S/C37H23Cl2F5N2O5/c38-36-14-22-19(12-13-20-23(22)33(49)45(32(20)48)15-16-6-2-1-3-7-16)24(21-11-10-17-8-4-5-9-18(17)31(21)47)37(36,39)35(51)46(34(36)50)30-28(43)26(41)25(40)27(42)29(30)44/h1-12,20,22-24,47H,13-15H2/t20-,22+,23-,24+,36+,37-/m0/s1. The monoisotopic (exact) mass is 740 g/mol. The Hall–Kier alpha value is -4.81. The smallest absolute Gasteiger partial charge is 0.258 e. The number of allylic oxidation sites excluding steroid dienone is 2. The zero-order chi connectivity index (χ0) is 36.3. The molecule has 2 aliphatic carbocycles. The number of imide groups is 2. The number of benzene rings is 4. The van der Waals surface area contributed by atoms with Crippen molar-refractivity contribution in [1.29, 1.82) is 0 Å². The molecule has 14 heteroatoms. The fourth-order valence-electron chi connectivity index (χ4n) is 8.40. The van der Waals surface area contributed by atoms with Gasteiger partial charge in [0, 0.05) is 16.9 Å². The van der Waals surface area contributed by atoms with Crippen molar-refractivity contribution < 1.29 is 46.2 Å². The van der Waals surface area contributed by atoms with Crippen LogP contribution in [0.4, 0.5) is 27.6 Å². The number of alkyl halides is 2. The molecule has 0 spiro atoms. The Balaban J connectivity index is 1.33. The molecule has 4 aromatic rings. The first-order chi connectivity index (χ1) is 24.2. The lowest BCUT2D eigenvalue weighted by Crippen LogP contribution is -2.60. The molecule has 4 aromatic carbocycles. The van der Waals surface area contributed by atoms with Crippen LogP contribution in [0.2, 0.25) is 0 Å². The molecule has 0 unspecified atom stereocenters. The molecule has 1 N–H and O–H groups in total. The molecule has 4 amide bonds. The van der Waals surface area contributed by atoms with Crippen molar-refractivity contribution in [2.75, 3.05) is 4.90 Å². The van der Waals surface area contributed by atoms with E-state index >= 15 is 8.78 Å². The second-order valence-electron chi connectivity index (χ2n) is 13.2. The van der Waals surface area contributed by atoms with E-state index in [-0.39, 0.29) is 29.0 Å². The summed E-state index contributed by atoms with van der Waals surface area (Å²) in [6, 6.07) is 18.3. The summed E-state index contributed by atoms with van der Waals surface area (Å²) in [5.41, 5.74) is -1.01. The van der Waals surface area contributed by atoms with Crippen LogP contribution >= 0.6 is 23.2 Å². The van der Waals surface area contributed by atoms with Crippen LogP contribution < -0.4 is 4.90 Å². The van der Waals surface area contributed by atoms with Gasteiger partial charge in [-0.05, 0) is 29.7 Å². The first-order valence-corrected chi connectivity index (χ1v) is 16.6. The zero-order valence-corrected chi connectivity index (χ0v) is 27.5. The van der Waals surface area contributed by atoms with Crippen LogP contribution in [0.15, 0.2) is 78.4 Å². The molecule has 6 atom stereocenters. The second-order valence-corrected chi connectivity index (χ2v) is 14.4. The Labute approximate surface area is 295 Å². The van der Waals surface area contributed by atoms with E-state index in [1.54, 1.807) is 66.7 Å². The number of halogens is 7. The predicted molar refractivity (Wildman–Crippen MR) is 174 cm³/mol. The van der Waals surface area contributed by atoms with Gasteiger partial charge < -0.3 is 5.11 Å². The van der Waals surface area contributed by atoms with Crippen molar-refractivity contribution in [3.8, 4) is 5.75 Å². The third-order valence-electron chi connectivity index (χ3n) is 10.7. The van der Waals surface area contributed by atoms with Gasteiger partial charge in [-0.25, -0.2) is 26.9 Å². The Morgan fingerprint density at radius 2 is 1.37 bits per heavy atom. The molecule has 0 radical (unpaired) electrons. The summed E-state index contributed by atoms with van der Waals surface area (Å²) >= 11 is 14.4. The van der Waals surface area contributed by atoms with E-state index in [1.165, 1.54) is 6.07 Å². The fourth-order valence-corrected chi connectivity index (χ4v) is 9.33. The van der Waals surface area contributed by atoms with E-state index in [1.807, 2.05) is 0 Å². The number of aromatic hydroxyl groups is 1. The summed E-state index contributed by atoms with van der Waals surface area (Å²) < 4.78 is 73.6. The summed E-state index contributed by atoms with van der Waals surface area (Å²) in [6.07, 6.45) is 0.940. The first-order valence-electron chi connectivity index (χ1n) is 15.8. The van der Waals surface area contributed by atoms with Gasteiger partial charge in [-0.3, -0.25) is 24.1 Å². The van der Waals surface area contributed by atoms with Crippen LogP contribution in [0.25, 0.3) is 10.8 Å². The van der Waals surface area contributed by atoms with E-state index in [0.29, 0.717) is 16.3 Å². The SMILES string of the molecule is O=C1[C@H]2[C@H](CC=C3[C@H]2C[C@@]2(Cl)C(=O)N(c4c(F)c(F)c(F)c(F)c4F)C(=O)[C@@]2(Cl)[C@H]3c2ccc3ccccc3c2O)C(=O)N1Cc1ccccc1. The van der Waals surface area contributed by atoms with Gasteiger partial charge in [-0.1, -0.05) is 78.4 Å². The van der Waals surface area contributed by atoms with E-state index in [2.05, 4.69) is 0 Å². The Morgan fingerprint density at radius 3 is 2.06 bits per heavy atom. The third kappa shape index (κ3) is 4.29. The van der Waals surface area contributed by atoms with Gasteiger partial charge in [0.15, 0.2) is 33.0 Å². The highest BCUT2D eigenvalue weighted by molar-refractivity contribution is 6.58. The lowest BCUT2D eigenvalue weighted by molar-refractivity contribution is -0.141. The van der Waals surface area contributed by atoms with Crippen molar-refractivity contribution >= 4 is 63.3 Å². The molecule has 51 heavy (non-hydrogen) atoms. The fraction of sp³-hybridized carbons (Fsp3) is 0.243. The van der Waals surface area contributed by atoms with Gasteiger partial charge in [-0.15, -0.1) is 23.2 Å². The molecule has 0 aromatic heterocycles. The molecule has 0 bridgehead atoms. The lowest BCUT2D eigenvalue weighted by Gasteiger charge is -2.50. The van der Waals surface area contributed by atoms with E-state index in [4.69, 9.17) is 23.2 Å². The predicted octanol–water partition coefficient (Wildman–Crippen LogP) is 7.00. The number of hydrogen-bond acceptors (Lipinski definition) is 5. The molecule has 2 saturated heterocycles. The van der Waals surface area contributed by atoms with Gasteiger partial charge >= 0.3 is 0 Å². The maximum absolute atomic E-state index is 15.3. The number of fused-ring (bicyclic) bond motifs is 5. The molecule has 1 saturated carbocycles. The number of phenolic OH excluding ortho intramolecular Hbond substituents is 1. The number of phenols is 1. The van der Waals surface area contributed by atoms with Crippen molar-refractivity contribution in [3.63, 3.8) is 0 Å². The third-order valence-corrected chi connectivity index (χ3v) is 12.2. The molecule has 3 fully saturated rings. The largest absolute Gasteiger partial charge is 0.507 e. The number of hydrogen-bond donors (Lipinski definition) is 1.